The van der Waals surface area contributed by atoms with Gasteiger partial charge in [0.15, 0.2) is 11.0 Å². The Balaban J connectivity index is 1.76. The second kappa shape index (κ2) is 9.87. The Labute approximate surface area is 192 Å². The summed E-state index contributed by atoms with van der Waals surface area (Å²) in [5.41, 5.74) is 1.18. The van der Waals surface area contributed by atoms with E-state index in [-0.39, 0.29) is 11.7 Å². The van der Waals surface area contributed by atoms with E-state index in [9.17, 15) is 4.79 Å². The lowest BCUT2D eigenvalue weighted by Crippen LogP contribution is -2.15. The van der Waals surface area contributed by atoms with Crippen molar-refractivity contribution in [3.05, 3.63) is 69.1 Å². The minimum atomic E-state index is -0.238. The van der Waals surface area contributed by atoms with E-state index in [0.717, 1.165) is 0 Å². The molecule has 0 aliphatic heterocycles. The molecule has 3 aromatic rings. The van der Waals surface area contributed by atoms with Crippen molar-refractivity contribution in [1.29, 1.82) is 0 Å². The van der Waals surface area contributed by atoms with Crippen molar-refractivity contribution >= 4 is 69.8 Å². The molecule has 1 heterocycles. The number of halogens is 4. The third-order valence-corrected chi connectivity index (χ3v) is 5.80. The molecule has 0 bridgehead atoms. The molecule has 1 N–H and O–H groups in total. The quantitative estimate of drug-likeness (QED) is 0.306. The van der Waals surface area contributed by atoms with Crippen molar-refractivity contribution in [3.63, 3.8) is 0 Å². The summed E-state index contributed by atoms with van der Waals surface area (Å²) in [5.74, 6) is 0.441. The van der Waals surface area contributed by atoms with Crippen molar-refractivity contribution < 1.29 is 4.79 Å². The number of rotatable bonds is 7. The zero-order chi connectivity index (χ0) is 21.0. The number of aromatic nitrogens is 3. The van der Waals surface area contributed by atoms with Crippen molar-refractivity contribution in [2.45, 2.75) is 11.7 Å². The largest absolute Gasteiger partial charge is 0.324 e. The molecular formula is C19H14Cl4N4OS. The molecule has 150 valence electrons. The third kappa shape index (κ3) is 5.47. The van der Waals surface area contributed by atoms with E-state index in [1.54, 1.807) is 42.5 Å². The molecule has 0 radical (unpaired) electrons. The Hall–Kier alpha value is -1.70. The number of anilines is 1. The molecule has 2 aromatic carbocycles. The molecule has 0 aliphatic rings. The van der Waals surface area contributed by atoms with Gasteiger partial charge in [-0.05, 0) is 36.4 Å². The second-order valence-corrected chi connectivity index (χ2v) is 8.42. The number of thioether (sulfide) groups is 1. The van der Waals surface area contributed by atoms with E-state index in [4.69, 9.17) is 46.4 Å². The number of hydrogen-bond donors (Lipinski definition) is 1. The molecule has 3 rings (SSSR count). The summed E-state index contributed by atoms with van der Waals surface area (Å²) in [6.07, 6.45) is 1.72. The Bertz CT molecular complexity index is 1070. The van der Waals surface area contributed by atoms with Crippen LogP contribution in [0, 0.1) is 0 Å². The first-order valence-corrected chi connectivity index (χ1v) is 10.8. The number of benzene rings is 2. The molecule has 0 saturated carbocycles. The highest BCUT2D eigenvalue weighted by molar-refractivity contribution is 7.99. The summed E-state index contributed by atoms with van der Waals surface area (Å²) in [4.78, 5) is 12.3. The maximum Gasteiger partial charge on any atom is 0.234 e. The first-order valence-electron chi connectivity index (χ1n) is 8.26. The van der Waals surface area contributed by atoms with Gasteiger partial charge in [0.2, 0.25) is 5.91 Å². The molecule has 5 nitrogen and oxygen atoms in total. The van der Waals surface area contributed by atoms with Crippen LogP contribution >= 0.6 is 58.2 Å². The van der Waals surface area contributed by atoms with Gasteiger partial charge in [0.1, 0.15) is 0 Å². The van der Waals surface area contributed by atoms with Crippen LogP contribution in [0.15, 0.2) is 54.2 Å². The maximum absolute atomic E-state index is 12.3. The molecule has 29 heavy (non-hydrogen) atoms. The Morgan fingerprint density at radius 2 is 1.76 bits per heavy atom. The number of carbonyl (C=O) groups excluding carboxylic acids is 1. The summed E-state index contributed by atoms with van der Waals surface area (Å²) in [6.45, 7) is 4.22. The number of carbonyl (C=O) groups is 1. The van der Waals surface area contributed by atoms with Crippen LogP contribution in [0.25, 0.3) is 11.4 Å². The summed E-state index contributed by atoms with van der Waals surface area (Å²) >= 11 is 25.5. The number of allylic oxidation sites excluding steroid dienone is 1. The van der Waals surface area contributed by atoms with Gasteiger partial charge in [-0.3, -0.25) is 9.36 Å². The fourth-order valence-electron chi connectivity index (χ4n) is 2.47. The van der Waals surface area contributed by atoms with E-state index in [1.807, 2.05) is 4.57 Å². The van der Waals surface area contributed by atoms with E-state index in [2.05, 4.69) is 22.1 Å². The van der Waals surface area contributed by atoms with E-state index >= 15 is 0 Å². The molecule has 0 saturated heterocycles. The zero-order valence-electron chi connectivity index (χ0n) is 14.8. The van der Waals surface area contributed by atoms with Gasteiger partial charge in [-0.15, -0.1) is 16.8 Å². The molecule has 1 aromatic heterocycles. The van der Waals surface area contributed by atoms with Crippen LogP contribution < -0.4 is 5.32 Å². The second-order valence-electron chi connectivity index (χ2n) is 5.79. The van der Waals surface area contributed by atoms with Crippen LogP contribution in [0.5, 0.6) is 0 Å². The molecule has 10 heteroatoms. The highest BCUT2D eigenvalue weighted by Crippen LogP contribution is 2.32. The minimum Gasteiger partial charge on any atom is -0.324 e. The van der Waals surface area contributed by atoms with Gasteiger partial charge in [-0.1, -0.05) is 64.2 Å². The SMILES string of the molecule is C=CCn1c(SCC(=O)Nc2ccc(Cl)cc2Cl)nnc1-c1ccc(Cl)cc1Cl. The van der Waals surface area contributed by atoms with Crippen molar-refractivity contribution in [2.75, 3.05) is 11.1 Å². The predicted octanol–water partition coefficient (Wildman–Crippen LogP) is 6.48. The normalized spacial score (nSPS) is 10.8. The number of amides is 1. The summed E-state index contributed by atoms with van der Waals surface area (Å²) in [6, 6.07) is 10.0. The van der Waals surface area contributed by atoms with Gasteiger partial charge < -0.3 is 5.32 Å². The molecular weight excluding hydrogens is 474 g/mol. The van der Waals surface area contributed by atoms with Crippen LogP contribution in [0.1, 0.15) is 0 Å². The van der Waals surface area contributed by atoms with Crippen molar-refractivity contribution in [1.82, 2.24) is 14.8 Å². The highest BCUT2D eigenvalue weighted by atomic mass is 35.5. The lowest BCUT2D eigenvalue weighted by atomic mass is 10.2. The number of nitrogens with zero attached hydrogens (tertiary/aromatic N) is 3. The molecule has 0 fully saturated rings. The van der Waals surface area contributed by atoms with Crippen LogP contribution in [-0.4, -0.2) is 26.4 Å². The Morgan fingerprint density at radius 1 is 1.07 bits per heavy atom. The van der Waals surface area contributed by atoms with Crippen LogP contribution in [0.4, 0.5) is 5.69 Å². The average Bonchev–Trinajstić information content (AvgIpc) is 3.05. The monoisotopic (exact) mass is 486 g/mol. The Morgan fingerprint density at radius 3 is 2.41 bits per heavy atom. The molecule has 0 spiro atoms. The van der Waals surface area contributed by atoms with E-state index in [1.165, 1.54) is 11.8 Å². The summed E-state index contributed by atoms with van der Waals surface area (Å²) in [7, 11) is 0. The first kappa shape index (κ1) is 22.0. The van der Waals surface area contributed by atoms with Crippen molar-refractivity contribution in [3.8, 4) is 11.4 Å². The molecule has 0 unspecified atom stereocenters. The zero-order valence-corrected chi connectivity index (χ0v) is 18.7. The predicted molar refractivity (Wildman–Crippen MR) is 121 cm³/mol. The standard InChI is InChI=1S/C19H14Cl4N4OS/c1-2-7-27-18(13-5-3-11(20)8-14(13)22)25-26-19(27)29-10-17(28)24-16-6-4-12(21)9-15(16)23/h2-6,8-9H,1,7,10H2,(H,24,28). The lowest BCUT2D eigenvalue weighted by molar-refractivity contribution is -0.113. The average molecular weight is 488 g/mol. The van der Waals surface area contributed by atoms with Gasteiger partial charge in [0.05, 0.1) is 21.5 Å². The van der Waals surface area contributed by atoms with Crippen molar-refractivity contribution in [2.24, 2.45) is 0 Å². The van der Waals surface area contributed by atoms with Crippen LogP contribution in [0.2, 0.25) is 20.1 Å². The third-order valence-electron chi connectivity index (χ3n) is 3.74. The minimum absolute atomic E-state index is 0.114. The van der Waals surface area contributed by atoms with Gasteiger partial charge in [0, 0.05) is 22.2 Å². The van der Waals surface area contributed by atoms with E-state index < -0.39 is 0 Å². The fourth-order valence-corrected chi connectivity index (χ4v) is 4.16. The molecule has 1 amide bonds. The highest BCUT2D eigenvalue weighted by Gasteiger charge is 2.17. The van der Waals surface area contributed by atoms with Gasteiger partial charge in [-0.2, -0.15) is 0 Å². The van der Waals surface area contributed by atoms with Crippen LogP contribution in [0.3, 0.4) is 0 Å². The Kier molecular flexibility index (Phi) is 7.49. The fraction of sp³-hybridized carbons (Fsp3) is 0.105. The summed E-state index contributed by atoms with van der Waals surface area (Å²) in [5, 5.41) is 13.6. The topological polar surface area (TPSA) is 59.8 Å². The lowest BCUT2D eigenvalue weighted by Gasteiger charge is -2.10. The molecule has 0 atom stereocenters. The van der Waals surface area contributed by atoms with Gasteiger partial charge in [-0.25, -0.2) is 0 Å². The first-order chi connectivity index (χ1) is 13.9. The van der Waals surface area contributed by atoms with Crippen LogP contribution in [-0.2, 0) is 11.3 Å². The van der Waals surface area contributed by atoms with Gasteiger partial charge in [0.25, 0.3) is 0 Å². The maximum atomic E-state index is 12.3. The number of hydrogen-bond acceptors (Lipinski definition) is 4. The number of nitrogens with one attached hydrogen (secondary N) is 1. The van der Waals surface area contributed by atoms with Gasteiger partial charge >= 0.3 is 0 Å². The molecule has 0 aliphatic carbocycles. The summed E-state index contributed by atoms with van der Waals surface area (Å²) < 4.78 is 1.83. The smallest absolute Gasteiger partial charge is 0.234 e. The van der Waals surface area contributed by atoms with E-state index in [0.29, 0.717) is 48.9 Å².